The second-order valence-electron chi connectivity index (χ2n) is 3.88. The van der Waals surface area contributed by atoms with Crippen LogP contribution < -0.4 is 5.32 Å². The van der Waals surface area contributed by atoms with Crippen molar-refractivity contribution in [1.29, 1.82) is 0 Å². The Kier molecular flexibility index (Phi) is 2.87. The maximum Gasteiger partial charge on any atom is 0.325 e. The fourth-order valence-corrected chi connectivity index (χ4v) is 1.52. The zero-order valence-corrected chi connectivity index (χ0v) is 8.41. The lowest BCUT2D eigenvalue weighted by Crippen LogP contribution is -2.31. The molecule has 2 rings (SSSR count). The van der Waals surface area contributed by atoms with E-state index >= 15 is 0 Å². The van der Waals surface area contributed by atoms with Gasteiger partial charge in [0.05, 0.1) is 0 Å². The van der Waals surface area contributed by atoms with Crippen LogP contribution in [0.3, 0.4) is 0 Å². The summed E-state index contributed by atoms with van der Waals surface area (Å²) in [5.74, 6) is -2.54. The van der Waals surface area contributed by atoms with E-state index in [1.54, 1.807) is 0 Å². The zero-order chi connectivity index (χ0) is 11.7. The molecule has 2 N–H and O–H groups in total. The third kappa shape index (κ3) is 2.36. The fraction of sp³-hybridized carbons (Fsp3) is 0.364. The van der Waals surface area contributed by atoms with Crippen LogP contribution in [0.2, 0.25) is 0 Å². The van der Waals surface area contributed by atoms with Crippen LogP contribution in [0.5, 0.6) is 0 Å². The second-order valence-corrected chi connectivity index (χ2v) is 3.88. The molecule has 0 aromatic heterocycles. The molecule has 0 heterocycles. The summed E-state index contributed by atoms with van der Waals surface area (Å²) in [5.41, 5.74) is -0.153. The number of hydrogen-bond donors (Lipinski definition) is 2. The molecule has 0 aliphatic heterocycles. The lowest BCUT2D eigenvalue weighted by molar-refractivity contribution is -0.139. The standard InChI is InChI=1S/C11H11F2NO2/c12-6-1-4-9(13)8(5-6)10(11(15)16)14-7-2-3-7/h1,4-5,7,10,14H,2-3H2,(H,15,16). The number of benzene rings is 1. The maximum absolute atomic E-state index is 13.4. The first kappa shape index (κ1) is 11.0. The number of nitrogens with one attached hydrogen (secondary N) is 1. The number of halogens is 2. The van der Waals surface area contributed by atoms with E-state index in [4.69, 9.17) is 5.11 Å². The van der Waals surface area contributed by atoms with Crippen molar-refractivity contribution in [3.8, 4) is 0 Å². The largest absolute Gasteiger partial charge is 0.480 e. The van der Waals surface area contributed by atoms with E-state index in [1.807, 2.05) is 0 Å². The molecule has 16 heavy (non-hydrogen) atoms. The van der Waals surface area contributed by atoms with Crippen molar-refractivity contribution in [3.63, 3.8) is 0 Å². The quantitative estimate of drug-likeness (QED) is 0.825. The minimum Gasteiger partial charge on any atom is -0.480 e. The molecule has 1 aliphatic rings. The monoisotopic (exact) mass is 227 g/mol. The highest BCUT2D eigenvalue weighted by molar-refractivity contribution is 5.75. The predicted octanol–water partition coefficient (Wildman–Crippen LogP) is 1.84. The molecule has 0 spiro atoms. The van der Waals surface area contributed by atoms with Gasteiger partial charge in [0.25, 0.3) is 0 Å². The molecule has 1 aliphatic carbocycles. The average molecular weight is 227 g/mol. The van der Waals surface area contributed by atoms with Gasteiger partial charge in [-0.1, -0.05) is 0 Å². The third-order valence-electron chi connectivity index (χ3n) is 2.50. The second kappa shape index (κ2) is 4.17. The van der Waals surface area contributed by atoms with Crippen LogP contribution in [0.4, 0.5) is 8.78 Å². The van der Waals surface area contributed by atoms with Crippen LogP contribution in [0.15, 0.2) is 18.2 Å². The molecule has 1 aromatic rings. The molecule has 86 valence electrons. The summed E-state index contributed by atoms with van der Waals surface area (Å²) in [6, 6.07) is 1.75. The van der Waals surface area contributed by atoms with E-state index < -0.39 is 23.6 Å². The summed E-state index contributed by atoms with van der Waals surface area (Å²) in [6.07, 6.45) is 1.75. The van der Waals surface area contributed by atoms with Crippen LogP contribution in [-0.2, 0) is 4.79 Å². The zero-order valence-electron chi connectivity index (χ0n) is 8.41. The van der Waals surface area contributed by atoms with Crippen LogP contribution in [0.1, 0.15) is 24.4 Å². The molecule has 5 heteroatoms. The van der Waals surface area contributed by atoms with E-state index in [9.17, 15) is 13.6 Å². The average Bonchev–Trinajstić information content (AvgIpc) is 3.02. The number of rotatable bonds is 4. The molecular formula is C11H11F2NO2. The number of carboxylic acids is 1. The van der Waals surface area contributed by atoms with Crippen molar-refractivity contribution in [2.24, 2.45) is 0 Å². The van der Waals surface area contributed by atoms with Crippen molar-refractivity contribution in [2.75, 3.05) is 0 Å². The molecule has 3 nitrogen and oxygen atoms in total. The SMILES string of the molecule is O=C(O)C(NC1CC1)c1cc(F)ccc1F. The van der Waals surface area contributed by atoms with Gasteiger partial charge in [0.1, 0.15) is 17.7 Å². The van der Waals surface area contributed by atoms with E-state index in [1.165, 1.54) is 0 Å². The van der Waals surface area contributed by atoms with E-state index in [2.05, 4.69) is 5.32 Å². The summed E-state index contributed by atoms with van der Waals surface area (Å²) in [7, 11) is 0. The molecule has 1 saturated carbocycles. The first-order valence-corrected chi connectivity index (χ1v) is 5.01. The van der Waals surface area contributed by atoms with Crippen LogP contribution >= 0.6 is 0 Å². The number of aliphatic carboxylic acids is 1. The number of carboxylic acid groups (broad SMARTS) is 1. The lowest BCUT2D eigenvalue weighted by Gasteiger charge is -2.15. The molecule has 0 bridgehead atoms. The third-order valence-corrected chi connectivity index (χ3v) is 2.50. The Morgan fingerprint density at radius 2 is 2.12 bits per heavy atom. The van der Waals surface area contributed by atoms with Gasteiger partial charge in [-0.3, -0.25) is 10.1 Å². The molecule has 1 aromatic carbocycles. The van der Waals surface area contributed by atoms with Crippen LogP contribution in [-0.4, -0.2) is 17.1 Å². The van der Waals surface area contributed by atoms with Crippen molar-refractivity contribution < 1.29 is 18.7 Å². The summed E-state index contributed by atoms with van der Waals surface area (Å²) >= 11 is 0. The molecule has 0 radical (unpaired) electrons. The molecule has 0 saturated heterocycles. The van der Waals surface area contributed by atoms with Gasteiger partial charge in [-0.25, -0.2) is 8.78 Å². The number of carbonyl (C=O) groups is 1. The fourth-order valence-electron chi connectivity index (χ4n) is 1.52. The van der Waals surface area contributed by atoms with Gasteiger partial charge in [0, 0.05) is 11.6 Å². The molecule has 1 unspecified atom stereocenters. The van der Waals surface area contributed by atoms with Crippen LogP contribution in [0.25, 0.3) is 0 Å². The van der Waals surface area contributed by atoms with E-state index in [0.717, 1.165) is 31.0 Å². The molecule has 0 amide bonds. The summed E-state index contributed by atoms with van der Waals surface area (Å²) in [4.78, 5) is 11.0. The first-order valence-electron chi connectivity index (χ1n) is 5.01. The minimum atomic E-state index is -1.20. The van der Waals surface area contributed by atoms with Gasteiger partial charge in [0.2, 0.25) is 0 Å². The van der Waals surface area contributed by atoms with Crippen molar-refractivity contribution in [3.05, 3.63) is 35.4 Å². The highest BCUT2D eigenvalue weighted by atomic mass is 19.1. The molecular weight excluding hydrogens is 216 g/mol. The lowest BCUT2D eigenvalue weighted by atomic mass is 10.1. The van der Waals surface area contributed by atoms with E-state index in [-0.39, 0.29) is 11.6 Å². The summed E-state index contributed by atoms with van der Waals surface area (Å²) in [6.45, 7) is 0. The maximum atomic E-state index is 13.4. The van der Waals surface area contributed by atoms with Crippen molar-refractivity contribution in [2.45, 2.75) is 24.9 Å². The highest BCUT2D eigenvalue weighted by Gasteiger charge is 2.31. The normalized spacial score (nSPS) is 17.1. The van der Waals surface area contributed by atoms with Crippen LogP contribution in [0, 0.1) is 11.6 Å². The predicted molar refractivity (Wildman–Crippen MR) is 52.9 cm³/mol. The number of hydrogen-bond acceptors (Lipinski definition) is 2. The first-order chi connectivity index (χ1) is 7.58. The van der Waals surface area contributed by atoms with Gasteiger partial charge >= 0.3 is 5.97 Å². The van der Waals surface area contributed by atoms with E-state index in [0.29, 0.717) is 0 Å². The molecule has 1 fully saturated rings. The summed E-state index contributed by atoms with van der Waals surface area (Å²) < 4.78 is 26.3. The summed E-state index contributed by atoms with van der Waals surface area (Å²) in [5, 5.41) is 11.7. The Bertz CT molecular complexity index is 418. The Balaban J connectivity index is 2.29. The van der Waals surface area contributed by atoms with Gasteiger partial charge in [-0.05, 0) is 31.0 Å². The Morgan fingerprint density at radius 1 is 1.44 bits per heavy atom. The Hall–Kier alpha value is -1.49. The Labute approximate surface area is 91.1 Å². The Morgan fingerprint density at radius 3 is 2.69 bits per heavy atom. The minimum absolute atomic E-state index is 0.101. The topological polar surface area (TPSA) is 49.3 Å². The van der Waals surface area contributed by atoms with Gasteiger partial charge < -0.3 is 5.11 Å². The van der Waals surface area contributed by atoms with Gasteiger partial charge in [-0.2, -0.15) is 0 Å². The molecule has 1 atom stereocenters. The highest BCUT2D eigenvalue weighted by Crippen LogP contribution is 2.26. The van der Waals surface area contributed by atoms with Gasteiger partial charge in [-0.15, -0.1) is 0 Å². The van der Waals surface area contributed by atoms with Crippen molar-refractivity contribution >= 4 is 5.97 Å². The van der Waals surface area contributed by atoms with Crippen molar-refractivity contribution in [1.82, 2.24) is 5.32 Å². The smallest absolute Gasteiger partial charge is 0.325 e. The van der Waals surface area contributed by atoms with Gasteiger partial charge in [0.15, 0.2) is 0 Å².